The second-order valence-electron chi connectivity index (χ2n) is 10.5. The Morgan fingerprint density at radius 2 is 1.37 bits per heavy atom. The van der Waals surface area contributed by atoms with Gasteiger partial charge in [0.25, 0.3) is 0 Å². The van der Waals surface area contributed by atoms with Crippen molar-refractivity contribution in [2.45, 2.75) is 19.3 Å². The van der Waals surface area contributed by atoms with E-state index in [0.29, 0.717) is 21.9 Å². The predicted molar refractivity (Wildman–Crippen MR) is 152 cm³/mol. The van der Waals surface area contributed by atoms with E-state index in [2.05, 4.69) is 61.2 Å². The van der Waals surface area contributed by atoms with Gasteiger partial charge in [-0.1, -0.05) is 74.5 Å². The summed E-state index contributed by atoms with van der Waals surface area (Å²) < 4.78 is 12.6. The first-order chi connectivity index (χ1) is 18.5. The lowest BCUT2D eigenvalue weighted by Crippen LogP contribution is -2.32. The van der Waals surface area contributed by atoms with Crippen molar-refractivity contribution < 1.29 is 9.15 Å². The molecule has 0 fully saturated rings. The lowest BCUT2D eigenvalue weighted by atomic mass is 9.73. The minimum Gasteiger partial charge on any atom is -0.456 e. The molecule has 0 saturated heterocycles. The van der Waals surface area contributed by atoms with Crippen LogP contribution in [0.2, 0.25) is 0 Å². The summed E-state index contributed by atoms with van der Waals surface area (Å²) in [5.74, 6) is 1.63. The molecule has 0 saturated carbocycles. The minimum atomic E-state index is -0.183. The molecule has 0 spiro atoms. The van der Waals surface area contributed by atoms with Crippen molar-refractivity contribution in [2.24, 2.45) is 0 Å². The first kappa shape index (κ1) is 21.3. The van der Waals surface area contributed by atoms with Crippen LogP contribution in [0.3, 0.4) is 0 Å². The Kier molecular flexibility index (Phi) is 4.12. The lowest BCUT2D eigenvalue weighted by Gasteiger charge is -2.45. The molecule has 38 heavy (non-hydrogen) atoms. The zero-order chi connectivity index (χ0) is 25.6. The molecule has 2 aliphatic heterocycles. The molecule has 182 valence electrons. The Labute approximate surface area is 219 Å². The molecule has 4 heteroatoms. The van der Waals surface area contributed by atoms with Crippen LogP contribution >= 0.6 is 0 Å². The van der Waals surface area contributed by atoms with Crippen LogP contribution in [0.5, 0.6) is 11.5 Å². The van der Waals surface area contributed by atoms with Gasteiger partial charge in [-0.15, -0.1) is 0 Å². The van der Waals surface area contributed by atoms with Gasteiger partial charge in [0.15, 0.2) is 11.5 Å². The third-order valence-corrected chi connectivity index (χ3v) is 8.04. The predicted octanol–water partition coefficient (Wildman–Crippen LogP) is 8.83. The highest BCUT2D eigenvalue weighted by molar-refractivity contribution is 6.00. The summed E-state index contributed by atoms with van der Waals surface area (Å²) in [4.78, 5) is 15.8. The van der Waals surface area contributed by atoms with Gasteiger partial charge in [-0.3, -0.25) is 4.79 Å². The summed E-state index contributed by atoms with van der Waals surface area (Å²) in [7, 11) is 0. The number of rotatable bonds is 1. The molecular formula is C34H23NO3. The molecule has 4 nitrogen and oxygen atoms in total. The summed E-state index contributed by atoms with van der Waals surface area (Å²) in [6.07, 6.45) is 0. The summed E-state index contributed by atoms with van der Waals surface area (Å²) in [6, 6.07) is 34.3. The van der Waals surface area contributed by atoms with Crippen molar-refractivity contribution in [3.63, 3.8) is 0 Å². The molecule has 0 bridgehead atoms. The molecule has 3 heterocycles. The number of para-hydroxylation sites is 4. The van der Waals surface area contributed by atoms with E-state index < -0.39 is 0 Å². The van der Waals surface area contributed by atoms with Crippen LogP contribution in [-0.4, -0.2) is 0 Å². The van der Waals surface area contributed by atoms with Crippen molar-refractivity contribution in [2.75, 3.05) is 4.90 Å². The summed E-state index contributed by atoms with van der Waals surface area (Å²) in [6.45, 7) is 4.54. The number of hydrogen-bond acceptors (Lipinski definition) is 4. The highest BCUT2D eigenvalue weighted by Crippen LogP contribution is 2.61. The average molecular weight is 494 g/mol. The number of hydrogen-bond donors (Lipinski definition) is 0. The smallest absolute Gasteiger partial charge is 0.200 e. The molecule has 6 aromatic rings. The third-order valence-electron chi connectivity index (χ3n) is 8.04. The molecule has 0 unspecified atom stereocenters. The third kappa shape index (κ3) is 2.72. The normalized spacial score (nSPS) is 14.5. The maximum atomic E-state index is 13.4. The molecule has 0 atom stereocenters. The van der Waals surface area contributed by atoms with Crippen LogP contribution < -0.4 is 15.1 Å². The fraction of sp³-hybridized carbons (Fsp3) is 0.0882. The van der Waals surface area contributed by atoms with Gasteiger partial charge in [0.2, 0.25) is 5.43 Å². The van der Waals surface area contributed by atoms with Gasteiger partial charge >= 0.3 is 0 Å². The molecule has 5 aromatic carbocycles. The molecular weight excluding hydrogens is 470 g/mol. The van der Waals surface area contributed by atoms with E-state index in [4.69, 9.17) is 9.15 Å². The topological polar surface area (TPSA) is 42.7 Å². The van der Waals surface area contributed by atoms with Crippen molar-refractivity contribution in [3.8, 4) is 22.6 Å². The Hall–Kier alpha value is -4.83. The molecule has 0 radical (unpaired) electrons. The van der Waals surface area contributed by atoms with Gasteiger partial charge in [-0.05, 0) is 59.2 Å². The maximum absolute atomic E-state index is 13.4. The second-order valence-corrected chi connectivity index (χ2v) is 10.5. The van der Waals surface area contributed by atoms with E-state index in [1.807, 2.05) is 60.7 Å². The summed E-state index contributed by atoms with van der Waals surface area (Å²) in [5.41, 5.74) is 8.56. The van der Waals surface area contributed by atoms with Crippen molar-refractivity contribution in [3.05, 3.63) is 124 Å². The van der Waals surface area contributed by atoms with Crippen LogP contribution in [-0.2, 0) is 5.41 Å². The average Bonchev–Trinajstić information content (AvgIpc) is 2.95. The molecule has 2 aliphatic rings. The van der Waals surface area contributed by atoms with Gasteiger partial charge in [-0.25, -0.2) is 0 Å². The molecule has 0 aliphatic carbocycles. The summed E-state index contributed by atoms with van der Waals surface area (Å²) >= 11 is 0. The summed E-state index contributed by atoms with van der Waals surface area (Å²) in [5, 5.41) is 1.15. The Balaban J connectivity index is 1.42. The van der Waals surface area contributed by atoms with Crippen LogP contribution in [0.15, 0.2) is 112 Å². The van der Waals surface area contributed by atoms with Crippen LogP contribution in [0.25, 0.3) is 33.1 Å². The lowest BCUT2D eigenvalue weighted by molar-refractivity contribution is 0.471. The highest BCUT2D eigenvalue weighted by atomic mass is 16.5. The van der Waals surface area contributed by atoms with E-state index in [1.54, 1.807) is 0 Å². The molecule has 8 rings (SSSR count). The Bertz CT molecular complexity index is 2020. The van der Waals surface area contributed by atoms with Gasteiger partial charge in [0.1, 0.15) is 11.2 Å². The van der Waals surface area contributed by atoms with Gasteiger partial charge in [0.05, 0.1) is 27.8 Å². The second kappa shape index (κ2) is 7.36. The number of anilines is 3. The van der Waals surface area contributed by atoms with E-state index >= 15 is 0 Å². The van der Waals surface area contributed by atoms with Crippen LogP contribution in [0.4, 0.5) is 17.1 Å². The Morgan fingerprint density at radius 1 is 0.658 bits per heavy atom. The monoisotopic (exact) mass is 493 g/mol. The first-order valence-electron chi connectivity index (χ1n) is 12.8. The SMILES string of the molecule is CC1(C)c2ccccc2N2c3c(cccc3-c3ccc4oc5ccccc5c(=O)c4c3)Oc3cccc1c32. The number of ether oxygens (including phenoxy) is 1. The fourth-order valence-corrected chi connectivity index (χ4v) is 6.19. The molecule has 0 N–H and O–H groups in total. The van der Waals surface area contributed by atoms with Crippen molar-refractivity contribution >= 4 is 39.0 Å². The van der Waals surface area contributed by atoms with Crippen molar-refractivity contribution in [1.29, 1.82) is 0 Å². The molecule has 0 amide bonds. The number of fused-ring (bicyclic) bond motifs is 6. The molecule has 1 aromatic heterocycles. The largest absolute Gasteiger partial charge is 0.456 e. The van der Waals surface area contributed by atoms with E-state index in [-0.39, 0.29) is 10.8 Å². The minimum absolute atomic E-state index is 0.0255. The van der Waals surface area contributed by atoms with E-state index in [1.165, 1.54) is 11.1 Å². The van der Waals surface area contributed by atoms with Gasteiger partial charge < -0.3 is 14.1 Å². The number of nitrogens with zero attached hydrogens (tertiary/aromatic N) is 1. The van der Waals surface area contributed by atoms with E-state index in [9.17, 15) is 4.79 Å². The van der Waals surface area contributed by atoms with Crippen molar-refractivity contribution in [1.82, 2.24) is 0 Å². The van der Waals surface area contributed by atoms with Gasteiger partial charge in [0, 0.05) is 11.0 Å². The first-order valence-corrected chi connectivity index (χ1v) is 12.8. The highest BCUT2D eigenvalue weighted by Gasteiger charge is 2.42. The fourth-order valence-electron chi connectivity index (χ4n) is 6.19. The zero-order valence-corrected chi connectivity index (χ0v) is 21.0. The van der Waals surface area contributed by atoms with Gasteiger partial charge in [-0.2, -0.15) is 0 Å². The Morgan fingerprint density at radius 3 is 2.26 bits per heavy atom. The zero-order valence-electron chi connectivity index (χ0n) is 21.0. The van der Waals surface area contributed by atoms with E-state index in [0.717, 1.165) is 39.7 Å². The quantitative estimate of drug-likeness (QED) is 0.214. The standard InChI is InChI=1S/C34H23NO3/c1-34(2)24-11-4-5-13-26(24)35-31-21(10-7-15-29(31)38-30-16-8-12-25(34)32(30)35)20-17-18-28-23(19-20)33(36)22-9-3-6-14-27(22)37-28/h3-19H,1-2H3. The van der Waals surface area contributed by atoms with Crippen LogP contribution in [0, 0.1) is 0 Å². The van der Waals surface area contributed by atoms with Crippen LogP contribution in [0.1, 0.15) is 25.0 Å². The number of benzene rings is 5. The maximum Gasteiger partial charge on any atom is 0.200 e.